The molecule has 0 aliphatic carbocycles. The summed E-state index contributed by atoms with van der Waals surface area (Å²) in [6, 6.07) is 0.533. The fourth-order valence-electron chi connectivity index (χ4n) is 3.21. The van der Waals surface area contributed by atoms with Gasteiger partial charge < -0.3 is 10.2 Å². The fourth-order valence-corrected chi connectivity index (χ4v) is 3.21. The normalized spacial score (nSPS) is 22.7. The molecular weight excluding hydrogens is 266 g/mol. The first-order valence-corrected chi connectivity index (χ1v) is 7.87. The van der Waals surface area contributed by atoms with Crippen molar-refractivity contribution in [2.45, 2.75) is 32.2 Å². The van der Waals surface area contributed by atoms with E-state index in [9.17, 15) is 4.79 Å². The lowest BCUT2D eigenvalue weighted by Gasteiger charge is -2.43. The third-order valence-corrected chi connectivity index (χ3v) is 4.35. The summed E-state index contributed by atoms with van der Waals surface area (Å²) >= 11 is 0. The molecule has 3 rings (SSSR count). The molecule has 2 aliphatic heterocycles. The molecule has 2 fully saturated rings. The largest absolute Gasteiger partial charge is 0.369 e. The Balaban J connectivity index is 1.64. The van der Waals surface area contributed by atoms with Gasteiger partial charge in [-0.2, -0.15) is 0 Å². The van der Waals surface area contributed by atoms with Crippen molar-refractivity contribution in [3.63, 3.8) is 0 Å². The molecule has 1 atom stereocenters. The Kier molecular flexibility index (Phi) is 4.34. The van der Waals surface area contributed by atoms with Crippen molar-refractivity contribution in [1.29, 1.82) is 0 Å². The summed E-state index contributed by atoms with van der Waals surface area (Å²) in [5, 5.41) is 3.09. The zero-order valence-corrected chi connectivity index (χ0v) is 12.6. The predicted octanol–water partition coefficient (Wildman–Crippen LogP) is 1.22. The van der Waals surface area contributed by atoms with Crippen molar-refractivity contribution in [3.8, 4) is 0 Å². The molecule has 0 aromatic carbocycles. The van der Waals surface area contributed by atoms with Gasteiger partial charge in [-0.3, -0.25) is 9.69 Å². The predicted molar refractivity (Wildman–Crippen MR) is 81.3 cm³/mol. The maximum absolute atomic E-state index is 12.5. The van der Waals surface area contributed by atoms with E-state index in [1.165, 1.54) is 25.8 Å². The van der Waals surface area contributed by atoms with Gasteiger partial charge in [-0.05, 0) is 26.3 Å². The molecule has 1 aromatic heterocycles. The first-order valence-electron chi connectivity index (χ1n) is 7.87. The lowest BCUT2D eigenvalue weighted by Crippen LogP contribution is -2.56. The highest BCUT2D eigenvalue weighted by Gasteiger charge is 2.31. The average Bonchev–Trinajstić information content (AvgIpc) is 2.55. The zero-order valence-electron chi connectivity index (χ0n) is 12.6. The number of amides is 1. The van der Waals surface area contributed by atoms with Gasteiger partial charge in [-0.1, -0.05) is 6.42 Å². The van der Waals surface area contributed by atoms with Gasteiger partial charge in [-0.25, -0.2) is 9.97 Å². The number of piperazine rings is 1. The topological polar surface area (TPSA) is 61.4 Å². The maximum atomic E-state index is 12.5. The number of aromatic nitrogens is 2. The Morgan fingerprint density at radius 3 is 2.95 bits per heavy atom. The van der Waals surface area contributed by atoms with Crippen molar-refractivity contribution >= 4 is 11.7 Å². The number of fused-ring (bicyclic) bond motifs is 1. The fraction of sp³-hybridized carbons (Fsp3) is 0.667. The van der Waals surface area contributed by atoms with Crippen molar-refractivity contribution in [3.05, 3.63) is 18.1 Å². The van der Waals surface area contributed by atoms with Crippen LogP contribution in [0.2, 0.25) is 0 Å². The average molecular weight is 289 g/mol. The lowest BCUT2D eigenvalue weighted by atomic mass is 9.99. The van der Waals surface area contributed by atoms with Crippen LogP contribution >= 0.6 is 0 Å². The molecule has 3 heterocycles. The molecule has 1 N–H and O–H groups in total. The molecule has 6 heteroatoms. The zero-order chi connectivity index (χ0) is 14.7. The highest BCUT2D eigenvalue weighted by Crippen LogP contribution is 2.21. The van der Waals surface area contributed by atoms with Crippen LogP contribution in [0.4, 0.5) is 5.82 Å². The van der Waals surface area contributed by atoms with E-state index in [4.69, 9.17) is 0 Å². The van der Waals surface area contributed by atoms with Crippen LogP contribution in [0.5, 0.6) is 0 Å². The Morgan fingerprint density at radius 2 is 2.19 bits per heavy atom. The van der Waals surface area contributed by atoms with E-state index in [-0.39, 0.29) is 5.91 Å². The second-order valence-corrected chi connectivity index (χ2v) is 5.75. The molecule has 21 heavy (non-hydrogen) atoms. The van der Waals surface area contributed by atoms with E-state index in [0.717, 1.165) is 26.2 Å². The van der Waals surface area contributed by atoms with Gasteiger partial charge in [0.05, 0.1) is 12.4 Å². The van der Waals surface area contributed by atoms with Crippen molar-refractivity contribution in [2.24, 2.45) is 0 Å². The third kappa shape index (κ3) is 3.15. The van der Waals surface area contributed by atoms with Gasteiger partial charge in [0.15, 0.2) is 0 Å². The minimum Gasteiger partial charge on any atom is -0.369 e. The summed E-state index contributed by atoms with van der Waals surface area (Å²) < 4.78 is 0. The van der Waals surface area contributed by atoms with E-state index in [2.05, 4.69) is 20.2 Å². The molecule has 0 bridgehead atoms. The van der Waals surface area contributed by atoms with E-state index < -0.39 is 0 Å². The van der Waals surface area contributed by atoms with Crippen LogP contribution in [0.25, 0.3) is 0 Å². The Morgan fingerprint density at radius 1 is 1.29 bits per heavy atom. The summed E-state index contributed by atoms with van der Waals surface area (Å²) in [5.74, 6) is 0.724. The molecular formula is C15H23N5O. The second-order valence-electron chi connectivity index (χ2n) is 5.75. The first kappa shape index (κ1) is 14.3. The molecule has 2 aliphatic rings. The van der Waals surface area contributed by atoms with Gasteiger partial charge in [0, 0.05) is 32.2 Å². The number of carbonyl (C=O) groups excluding carboxylic acids is 1. The number of anilines is 1. The summed E-state index contributed by atoms with van der Waals surface area (Å²) in [4.78, 5) is 25.5. The molecule has 114 valence electrons. The lowest BCUT2D eigenvalue weighted by molar-refractivity contribution is 0.0368. The van der Waals surface area contributed by atoms with Crippen molar-refractivity contribution in [1.82, 2.24) is 19.8 Å². The minimum atomic E-state index is 0.00997. The van der Waals surface area contributed by atoms with E-state index in [1.807, 2.05) is 11.8 Å². The van der Waals surface area contributed by atoms with E-state index in [0.29, 0.717) is 17.6 Å². The summed E-state index contributed by atoms with van der Waals surface area (Å²) in [7, 11) is 0. The van der Waals surface area contributed by atoms with Crippen molar-refractivity contribution in [2.75, 3.05) is 38.0 Å². The van der Waals surface area contributed by atoms with Crippen LogP contribution < -0.4 is 5.32 Å². The van der Waals surface area contributed by atoms with Gasteiger partial charge in [0.1, 0.15) is 11.5 Å². The highest BCUT2D eigenvalue weighted by molar-refractivity contribution is 5.92. The van der Waals surface area contributed by atoms with Crippen molar-refractivity contribution < 1.29 is 4.79 Å². The third-order valence-electron chi connectivity index (χ3n) is 4.35. The second kappa shape index (κ2) is 6.39. The van der Waals surface area contributed by atoms with Crippen LogP contribution in [0, 0.1) is 0 Å². The number of carbonyl (C=O) groups is 1. The summed E-state index contributed by atoms with van der Waals surface area (Å²) in [6.07, 6.45) is 6.98. The van der Waals surface area contributed by atoms with Gasteiger partial charge in [-0.15, -0.1) is 0 Å². The Hall–Kier alpha value is -1.69. The quantitative estimate of drug-likeness (QED) is 0.906. The number of hydrogen-bond donors (Lipinski definition) is 1. The Labute approximate surface area is 125 Å². The number of nitrogens with zero attached hydrogens (tertiary/aromatic N) is 4. The van der Waals surface area contributed by atoms with Crippen LogP contribution in [-0.2, 0) is 0 Å². The first-order chi connectivity index (χ1) is 10.3. The number of nitrogens with one attached hydrogen (secondary N) is 1. The summed E-state index contributed by atoms with van der Waals surface area (Å²) in [6.45, 7) is 6.60. The smallest absolute Gasteiger partial charge is 0.274 e. The standard InChI is InChI=1S/C15H23N5O/c1-2-16-14-10-17-13(9-18-14)15(21)20-8-7-19-6-4-3-5-12(19)11-20/h9-10,12H,2-8,11H2,1H3,(H,16,18). The van der Waals surface area contributed by atoms with Crippen LogP contribution in [0.1, 0.15) is 36.7 Å². The molecule has 2 saturated heterocycles. The van der Waals surface area contributed by atoms with Crippen LogP contribution in [-0.4, -0.2) is 64.4 Å². The number of rotatable bonds is 3. The number of hydrogen-bond acceptors (Lipinski definition) is 5. The SMILES string of the molecule is CCNc1cnc(C(=O)N2CCN3CCCCC3C2)cn1. The van der Waals surface area contributed by atoms with Gasteiger partial charge in [0.25, 0.3) is 5.91 Å². The van der Waals surface area contributed by atoms with E-state index >= 15 is 0 Å². The van der Waals surface area contributed by atoms with E-state index in [1.54, 1.807) is 12.4 Å². The highest BCUT2D eigenvalue weighted by atomic mass is 16.2. The molecule has 0 spiro atoms. The monoisotopic (exact) mass is 289 g/mol. The molecule has 0 saturated carbocycles. The van der Waals surface area contributed by atoms with Gasteiger partial charge in [0.2, 0.25) is 0 Å². The molecule has 1 aromatic rings. The molecule has 1 amide bonds. The minimum absolute atomic E-state index is 0.00997. The summed E-state index contributed by atoms with van der Waals surface area (Å²) in [5.41, 5.74) is 0.445. The van der Waals surface area contributed by atoms with Gasteiger partial charge >= 0.3 is 0 Å². The van der Waals surface area contributed by atoms with Crippen LogP contribution in [0.15, 0.2) is 12.4 Å². The molecule has 0 radical (unpaired) electrons. The maximum Gasteiger partial charge on any atom is 0.274 e. The number of piperidine rings is 1. The molecule has 6 nitrogen and oxygen atoms in total. The van der Waals surface area contributed by atoms with Crippen LogP contribution in [0.3, 0.4) is 0 Å². The molecule has 1 unspecified atom stereocenters. The Bertz CT molecular complexity index is 489.